The second kappa shape index (κ2) is 8.67. The molecule has 0 aliphatic carbocycles. The highest BCUT2D eigenvalue weighted by Gasteiger charge is 2.39. The Balaban J connectivity index is 2.76. The number of hydrogen-bond donors (Lipinski definition) is 2. The lowest BCUT2D eigenvalue weighted by molar-refractivity contribution is -0.143. The molecule has 0 saturated heterocycles. The van der Waals surface area contributed by atoms with E-state index in [1.165, 1.54) is 13.8 Å². The maximum absolute atomic E-state index is 14.6. The van der Waals surface area contributed by atoms with Crippen molar-refractivity contribution in [2.45, 2.75) is 26.1 Å². The minimum absolute atomic E-state index is 0.0621. The summed E-state index contributed by atoms with van der Waals surface area (Å²) in [5.74, 6) is -2.79. The van der Waals surface area contributed by atoms with E-state index in [1.807, 2.05) is 0 Å². The quantitative estimate of drug-likeness (QED) is 0.607. The lowest BCUT2D eigenvalue weighted by Crippen LogP contribution is -2.44. The molecule has 0 spiro atoms. The Morgan fingerprint density at radius 2 is 1.81 bits per heavy atom. The average molecular weight is 501 g/mol. The van der Waals surface area contributed by atoms with Crippen molar-refractivity contribution < 1.29 is 30.8 Å². The molecule has 0 radical (unpaired) electrons. The monoisotopic (exact) mass is 500 g/mol. The first-order chi connectivity index (χ1) is 14.5. The number of nitrogens with zero attached hydrogens (tertiary/aromatic N) is 2. The number of halogens is 5. The number of carbonyl (C=O) groups excluding carboxylic acids is 1. The van der Waals surface area contributed by atoms with Crippen LogP contribution in [0.2, 0.25) is 5.02 Å². The Bertz CT molecular complexity index is 1300. The molecule has 32 heavy (non-hydrogen) atoms. The molecule has 2 aromatic rings. The zero-order valence-electron chi connectivity index (χ0n) is 17.0. The molecule has 2 rings (SSSR count). The zero-order valence-corrected chi connectivity index (χ0v) is 18.5. The summed E-state index contributed by atoms with van der Waals surface area (Å²) in [7, 11) is -2.50. The fourth-order valence-corrected chi connectivity index (χ4v) is 3.92. The molecule has 15 heteroatoms. The third kappa shape index (κ3) is 4.86. The van der Waals surface area contributed by atoms with Crippen molar-refractivity contribution in [3.63, 3.8) is 0 Å². The predicted octanol–water partition coefficient (Wildman–Crippen LogP) is 1.87. The van der Waals surface area contributed by atoms with Gasteiger partial charge in [0, 0.05) is 25.7 Å². The van der Waals surface area contributed by atoms with Crippen LogP contribution in [0.25, 0.3) is 11.1 Å². The van der Waals surface area contributed by atoms with Gasteiger partial charge in [0.15, 0.2) is 0 Å². The number of alkyl halides is 3. The van der Waals surface area contributed by atoms with Gasteiger partial charge in [-0.15, -0.1) is 0 Å². The van der Waals surface area contributed by atoms with Crippen LogP contribution in [-0.4, -0.2) is 41.3 Å². The summed E-state index contributed by atoms with van der Waals surface area (Å²) >= 11 is 5.81. The van der Waals surface area contributed by atoms with Gasteiger partial charge in [-0.2, -0.15) is 25.9 Å². The lowest BCUT2D eigenvalue weighted by Gasteiger charge is -2.21. The van der Waals surface area contributed by atoms with Gasteiger partial charge >= 0.3 is 22.1 Å². The summed E-state index contributed by atoms with van der Waals surface area (Å²) < 4.78 is 82.4. The maximum atomic E-state index is 14.6. The molecule has 1 heterocycles. The SMILES string of the molecule is CC(C)N(C)S(=O)(=O)NC(=O)c1cc(-c2c(C(F)(F)F)n(C)c(=O)[nH]c2=O)c(F)cc1Cl. The number of benzene rings is 1. The van der Waals surface area contributed by atoms with Crippen LogP contribution in [0.1, 0.15) is 29.9 Å². The molecule has 0 atom stereocenters. The van der Waals surface area contributed by atoms with E-state index < -0.39 is 72.8 Å². The van der Waals surface area contributed by atoms with Gasteiger partial charge in [-0.3, -0.25) is 19.1 Å². The van der Waals surface area contributed by atoms with Crippen LogP contribution in [-0.2, 0) is 23.4 Å². The van der Waals surface area contributed by atoms with Crippen LogP contribution in [0.4, 0.5) is 17.6 Å². The van der Waals surface area contributed by atoms with Crippen molar-refractivity contribution in [2.24, 2.45) is 7.05 Å². The molecule has 1 aromatic carbocycles. The summed E-state index contributed by atoms with van der Waals surface area (Å²) in [5.41, 5.74) is -7.76. The number of aromatic amines is 1. The second-order valence-corrected chi connectivity index (χ2v) is 9.04. The molecule has 2 N–H and O–H groups in total. The summed E-state index contributed by atoms with van der Waals surface area (Å²) in [6, 6.07) is 0.398. The first-order valence-electron chi connectivity index (χ1n) is 8.69. The van der Waals surface area contributed by atoms with Crippen LogP contribution >= 0.6 is 11.6 Å². The minimum atomic E-state index is -5.25. The van der Waals surface area contributed by atoms with E-state index >= 15 is 0 Å². The molecule has 0 unspecified atom stereocenters. The minimum Gasteiger partial charge on any atom is -0.292 e. The number of H-pyrrole nitrogens is 1. The maximum Gasteiger partial charge on any atom is 0.432 e. The molecule has 1 amide bonds. The third-order valence-electron chi connectivity index (χ3n) is 4.49. The number of rotatable bonds is 5. The van der Waals surface area contributed by atoms with Crippen molar-refractivity contribution in [1.82, 2.24) is 18.6 Å². The van der Waals surface area contributed by atoms with Crippen molar-refractivity contribution >= 4 is 27.7 Å². The van der Waals surface area contributed by atoms with Gasteiger partial charge in [-0.1, -0.05) is 11.6 Å². The highest BCUT2D eigenvalue weighted by atomic mass is 35.5. The second-order valence-electron chi connectivity index (χ2n) is 6.90. The number of carbonyl (C=O) groups is 1. The Morgan fingerprint density at radius 3 is 2.31 bits per heavy atom. The predicted molar refractivity (Wildman–Crippen MR) is 107 cm³/mol. The molecule has 1 aromatic heterocycles. The molecule has 0 saturated carbocycles. The summed E-state index contributed by atoms with van der Waals surface area (Å²) in [6.07, 6.45) is -5.25. The normalized spacial score (nSPS) is 12.5. The van der Waals surface area contributed by atoms with Crippen LogP contribution in [0.5, 0.6) is 0 Å². The van der Waals surface area contributed by atoms with Crippen LogP contribution in [0, 0.1) is 5.82 Å². The fourth-order valence-electron chi connectivity index (χ4n) is 2.64. The Hall–Kier alpha value is -2.71. The Kier molecular flexibility index (Phi) is 6.92. The first-order valence-corrected chi connectivity index (χ1v) is 10.5. The van der Waals surface area contributed by atoms with Gasteiger partial charge in [0.2, 0.25) is 0 Å². The van der Waals surface area contributed by atoms with E-state index in [0.717, 1.165) is 11.4 Å². The van der Waals surface area contributed by atoms with E-state index in [9.17, 15) is 40.4 Å². The van der Waals surface area contributed by atoms with E-state index in [4.69, 9.17) is 11.6 Å². The van der Waals surface area contributed by atoms with Crippen LogP contribution < -0.4 is 16.0 Å². The van der Waals surface area contributed by atoms with Gasteiger partial charge in [-0.25, -0.2) is 13.9 Å². The molecular formula is C17H17ClF4N4O5S. The van der Waals surface area contributed by atoms with Crippen molar-refractivity contribution in [3.8, 4) is 11.1 Å². The van der Waals surface area contributed by atoms with Crippen molar-refractivity contribution in [3.05, 3.63) is 55.1 Å². The van der Waals surface area contributed by atoms with E-state index in [-0.39, 0.29) is 4.57 Å². The number of amides is 1. The van der Waals surface area contributed by atoms with E-state index in [1.54, 1.807) is 9.71 Å². The number of nitrogens with one attached hydrogen (secondary N) is 2. The number of hydrogen-bond acceptors (Lipinski definition) is 5. The fraction of sp³-hybridized carbons (Fsp3) is 0.353. The van der Waals surface area contributed by atoms with Gasteiger partial charge in [-0.05, 0) is 26.0 Å². The molecule has 176 valence electrons. The largest absolute Gasteiger partial charge is 0.432 e. The molecule has 0 aliphatic heterocycles. The Morgan fingerprint density at radius 1 is 1.25 bits per heavy atom. The van der Waals surface area contributed by atoms with Crippen LogP contribution in [0.3, 0.4) is 0 Å². The lowest BCUT2D eigenvalue weighted by atomic mass is 10.0. The van der Waals surface area contributed by atoms with Crippen molar-refractivity contribution in [2.75, 3.05) is 7.05 Å². The first kappa shape index (κ1) is 25.5. The summed E-state index contributed by atoms with van der Waals surface area (Å²) in [6.45, 7) is 3.02. The number of aromatic nitrogens is 2. The molecule has 0 fully saturated rings. The van der Waals surface area contributed by atoms with Gasteiger partial charge < -0.3 is 0 Å². The van der Waals surface area contributed by atoms with Gasteiger partial charge in [0.25, 0.3) is 11.5 Å². The van der Waals surface area contributed by atoms with Crippen LogP contribution in [0.15, 0.2) is 21.7 Å². The zero-order chi connectivity index (χ0) is 24.8. The smallest absolute Gasteiger partial charge is 0.292 e. The highest BCUT2D eigenvalue weighted by molar-refractivity contribution is 7.87. The summed E-state index contributed by atoms with van der Waals surface area (Å²) in [4.78, 5) is 38.0. The molecule has 0 aliphatic rings. The van der Waals surface area contributed by atoms with E-state index in [2.05, 4.69) is 0 Å². The van der Waals surface area contributed by atoms with Gasteiger partial charge in [0.1, 0.15) is 11.5 Å². The topological polar surface area (TPSA) is 121 Å². The van der Waals surface area contributed by atoms with E-state index in [0.29, 0.717) is 19.2 Å². The third-order valence-corrected chi connectivity index (χ3v) is 6.43. The molecule has 9 nitrogen and oxygen atoms in total. The van der Waals surface area contributed by atoms with Crippen molar-refractivity contribution in [1.29, 1.82) is 0 Å². The average Bonchev–Trinajstić information content (AvgIpc) is 2.62. The molecular weight excluding hydrogens is 484 g/mol. The standard InChI is InChI=1S/C17H17ClF4N4O5S/c1-7(2)26(4)32(30,31)24-14(27)8-5-9(11(19)6-10(8)18)12-13(17(20,21)22)25(3)16(29)23-15(12)28/h5-7H,1-4H3,(H,24,27)(H,23,28,29). The molecule has 0 bridgehead atoms. The summed E-state index contributed by atoms with van der Waals surface area (Å²) in [5, 5.41) is -0.624. The Labute approximate surface area is 183 Å². The highest BCUT2D eigenvalue weighted by Crippen LogP contribution is 2.36. The van der Waals surface area contributed by atoms with Gasteiger partial charge in [0.05, 0.1) is 16.1 Å².